The lowest BCUT2D eigenvalue weighted by molar-refractivity contribution is -0.144. The standard InChI is InChI=1S/C20H32N2O4/c1-6-12-22(20(24)16(4)26-13-11-15(2)3)14-19(23)21-17-9-7-8-10-18(17)25-5/h7-10,15-16H,6,11-14H2,1-5H3,(H,21,23). The van der Waals surface area contributed by atoms with E-state index in [-0.39, 0.29) is 18.4 Å². The number of rotatable bonds is 11. The summed E-state index contributed by atoms with van der Waals surface area (Å²) in [6, 6.07) is 7.19. The monoisotopic (exact) mass is 364 g/mol. The average Bonchev–Trinajstić information content (AvgIpc) is 2.60. The Labute approximate surface area is 156 Å². The minimum Gasteiger partial charge on any atom is -0.495 e. The van der Waals surface area contributed by atoms with Gasteiger partial charge in [0.15, 0.2) is 0 Å². The van der Waals surface area contributed by atoms with E-state index in [1.165, 1.54) is 0 Å². The van der Waals surface area contributed by atoms with Gasteiger partial charge in [0.25, 0.3) is 5.91 Å². The van der Waals surface area contributed by atoms with Crippen molar-refractivity contribution in [2.45, 2.75) is 46.6 Å². The van der Waals surface area contributed by atoms with Crippen LogP contribution in [0.1, 0.15) is 40.5 Å². The quantitative estimate of drug-likeness (QED) is 0.654. The number of hydrogen-bond donors (Lipinski definition) is 1. The van der Waals surface area contributed by atoms with Crippen LogP contribution < -0.4 is 10.1 Å². The van der Waals surface area contributed by atoms with E-state index in [2.05, 4.69) is 19.2 Å². The molecule has 0 radical (unpaired) electrons. The van der Waals surface area contributed by atoms with Gasteiger partial charge in [-0.1, -0.05) is 32.9 Å². The zero-order valence-electron chi connectivity index (χ0n) is 16.6. The highest BCUT2D eigenvalue weighted by atomic mass is 16.5. The summed E-state index contributed by atoms with van der Waals surface area (Å²) in [5.74, 6) is 0.687. The maximum atomic E-state index is 12.6. The van der Waals surface area contributed by atoms with Gasteiger partial charge in [0.05, 0.1) is 19.3 Å². The summed E-state index contributed by atoms with van der Waals surface area (Å²) < 4.78 is 10.9. The van der Waals surface area contributed by atoms with E-state index < -0.39 is 6.10 Å². The highest BCUT2D eigenvalue weighted by molar-refractivity contribution is 5.96. The van der Waals surface area contributed by atoms with E-state index in [4.69, 9.17) is 9.47 Å². The van der Waals surface area contributed by atoms with Crippen molar-refractivity contribution in [2.24, 2.45) is 5.92 Å². The first kappa shape index (κ1) is 22.0. The molecule has 0 fully saturated rings. The first-order valence-corrected chi connectivity index (χ1v) is 9.22. The minimum atomic E-state index is -0.556. The van der Waals surface area contributed by atoms with Crippen molar-refractivity contribution in [3.05, 3.63) is 24.3 Å². The van der Waals surface area contributed by atoms with Crippen LogP contribution in [0.25, 0.3) is 0 Å². The molecular formula is C20H32N2O4. The van der Waals surface area contributed by atoms with Gasteiger partial charge in [-0.25, -0.2) is 0 Å². The third kappa shape index (κ3) is 7.44. The molecule has 1 aromatic carbocycles. The van der Waals surface area contributed by atoms with Gasteiger partial charge in [-0.2, -0.15) is 0 Å². The Balaban J connectivity index is 2.65. The number of para-hydroxylation sites is 2. The van der Waals surface area contributed by atoms with Crippen molar-refractivity contribution >= 4 is 17.5 Å². The molecule has 1 N–H and O–H groups in total. The van der Waals surface area contributed by atoms with E-state index in [1.54, 1.807) is 31.1 Å². The molecule has 6 heteroatoms. The summed E-state index contributed by atoms with van der Waals surface area (Å²) in [5, 5.41) is 2.80. The highest BCUT2D eigenvalue weighted by Gasteiger charge is 2.23. The first-order valence-electron chi connectivity index (χ1n) is 9.22. The van der Waals surface area contributed by atoms with Crippen molar-refractivity contribution in [2.75, 3.05) is 32.1 Å². The van der Waals surface area contributed by atoms with Crippen LogP contribution in [0.15, 0.2) is 24.3 Å². The highest BCUT2D eigenvalue weighted by Crippen LogP contribution is 2.22. The molecule has 2 amide bonds. The van der Waals surface area contributed by atoms with Crippen LogP contribution in [0.4, 0.5) is 5.69 Å². The maximum absolute atomic E-state index is 12.6. The Hall–Kier alpha value is -2.08. The number of amides is 2. The summed E-state index contributed by atoms with van der Waals surface area (Å²) in [6.45, 7) is 8.98. The molecule has 0 aromatic heterocycles. The molecule has 0 heterocycles. The zero-order chi connectivity index (χ0) is 19.5. The fourth-order valence-electron chi connectivity index (χ4n) is 2.46. The van der Waals surface area contributed by atoms with Gasteiger partial charge in [-0.3, -0.25) is 9.59 Å². The van der Waals surface area contributed by atoms with Gasteiger partial charge in [0.2, 0.25) is 5.91 Å². The Bertz CT molecular complexity index is 575. The molecule has 0 saturated carbocycles. The number of carbonyl (C=O) groups excluding carboxylic acids is 2. The topological polar surface area (TPSA) is 67.9 Å². The van der Waals surface area contributed by atoms with Crippen molar-refractivity contribution in [3.8, 4) is 5.75 Å². The van der Waals surface area contributed by atoms with Crippen LogP contribution in [0, 0.1) is 5.92 Å². The van der Waals surface area contributed by atoms with E-state index in [1.807, 2.05) is 19.1 Å². The Kier molecular flexibility index (Phi) is 9.73. The summed E-state index contributed by atoms with van der Waals surface area (Å²) >= 11 is 0. The van der Waals surface area contributed by atoms with Gasteiger partial charge < -0.3 is 19.7 Å². The van der Waals surface area contributed by atoms with E-state index >= 15 is 0 Å². The van der Waals surface area contributed by atoms with Crippen LogP contribution in [0.5, 0.6) is 5.75 Å². The van der Waals surface area contributed by atoms with Crippen LogP contribution in [0.2, 0.25) is 0 Å². The molecule has 1 atom stereocenters. The predicted molar refractivity (Wildman–Crippen MR) is 103 cm³/mol. The summed E-state index contributed by atoms with van der Waals surface area (Å²) in [4.78, 5) is 26.6. The molecule has 0 aliphatic heterocycles. The smallest absolute Gasteiger partial charge is 0.251 e. The molecule has 0 spiro atoms. The number of hydrogen-bond acceptors (Lipinski definition) is 4. The molecule has 0 saturated heterocycles. The lowest BCUT2D eigenvalue weighted by atomic mass is 10.1. The number of ether oxygens (including phenoxy) is 2. The molecule has 6 nitrogen and oxygen atoms in total. The second kappa shape index (κ2) is 11.5. The van der Waals surface area contributed by atoms with Gasteiger partial charge >= 0.3 is 0 Å². The lowest BCUT2D eigenvalue weighted by Crippen LogP contribution is -2.44. The molecule has 0 aliphatic carbocycles. The second-order valence-electron chi connectivity index (χ2n) is 6.70. The van der Waals surface area contributed by atoms with Crippen molar-refractivity contribution in [3.63, 3.8) is 0 Å². The number of anilines is 1. The van der Waals surface area contributed by atoms with Gasteiger partial charge in [0, 0.05) is 13.2 Å². The van der Waals surface area contributed by atoms with Gasteiger partial charge in [-0.15, -0.1) is 0 Å². The van der Waals surface area contributed by atoms with Crippen LogP contribution in [-0.4, -0.2) is 49.6 Å². The van der Waals surface area contributed by atoms with Crippen molar-refractivity contribution < 1.29 is 19.1 Å². The molecule has 0 aliphatic rings. The molecule has 26 heavy (non-hydrogen) atoms. The molecular weight excluding hydrogens is 332 g/mol. The van der Waals surface area contributed by atoms with E-state index in [0.29, 0.717) is 30.5 Å². The minimum absolute atomic E-state index is 0.0113. The number of methoxy groups -OCH3 is 1. The number of nitrogens with one attached hydrogen (secondary N) is 1. The van der Waals surface area contributed by atoms with Crippen LogP contribution in [0.3, 0.4) is 0 Å². The Morgan fingerprint density at radius 2 is 1.88 bits per heavy atom. The molecule has 1 unspecified atom stereocenters. The third-order valence-corrected chi connectivity index (χ3v) is 3.93. The summed E-state index contributed by atoms with van der Waals surface area (Å²) in [6.07, 6.45) is 1.12. The van der Waals surface area contributed by atoms with Crippen LogP contribution in [-0.2, 0) is 14.3 Å². The molecule has 0 bridgehead atoms. The number of carbonyl (C=O) groups is 2. The number of nitrogens with zero attached hydrogens (tertiary/aromatic N) is 1. The average molecular weight is 364 g/mol. The fourth-order valence-corrected chi connectivity index (χ4v) is 2.46. The van der Waals surface area contributed by atoms with Crippen molar-refractivity contribution in [1.82, 2.24) is 4.90 Å². The molecule has 1 aromatic rings. The first-order chi connectivity index (χ1) is 12.4. The lowest BCUT2D eigenvalue weighted by Gasteiger charge is -2.25. The number of benzene rings is 1. The van der Waals surface area contributed by atoms with Crippen molar-refractivity contribution in [1.29, 1.82) is 0 Å². The third-order valence-electron chi connectivity index (χ3n) is 3.93. The zero-order valence-corrected chi connectivity index (χ0v) is 16.6. The summed E-state index contributed by atoms with van der Waals surface area (Å²) in [7, 11) is 1.55. The molecule has 146 valence electrons. The maximum Gasteiger partial charge on any atom is 0.251 e. The normalized spacial score (nSPS) is 11.9. The Morgan fingerprint density at radius 3 is 2.50 bits per heavy atom. The molecule has 1 rings (SSSR count). The van der Waals surface area contributed by atoms with Crippen LogP contribution >= 0.6 is 0 Å². The SMILES string of the molecule is CCCN(CC(=O)Nc1ccccc1OC)C(=O)C(C)OCCC(C)C. The van der Waals surface area contributed by atoms with E-state index in [0.717, 1.165) is 12.8 Å². The second-order valence-corrected chi connectivity index (χ2v) is 6.70. The van der Waals surface area contributed by atoms with E-state index in [9.17, 15) is 9.59 Å². The van der Waals surface area contributed by atoms with Gasteiger partial charge in [0.1, 0.15) is 11.9 Å². The largest absolute Gasteiger partial charge is 0.495 e. The Morgan fingerprint density at radius 1 is 1.19 bits per heavy atom. The predicted octanol–water partition coefficient (Wildman–Crippen LogP) is 3.32. The summed E-state index contributed by atoms with van der Waals surface area (Å²) in [5.41, 5.74) is 0.588. The van der Waals surface area contributed by atoms with Gasteiger partial charge in [-0.05, 0) is 37.8 Å². The fraction of sp³-hybridized carbons (Fsp3) is 0.600.